The first-order chi connectivity index (χ1) is 4.41. The summed E-state index contributed by atoms with van der Waals surface area (Å²) in [6, 6.07) is 0. The van der Waals surface area contributed by atoms with E-state index in [0.29, 0.717) is 0 Å². The van der Waals surface area contributed by atoms with Gasteiger partial charge in [0, 0.05) is 5.75 Å². The zero-order chi connectivity index (χ0) is 7.54. The molecular formula is C6H14N2S. The molecule has 0 rings (SSSR count). The van der Waals surface area contributed by atoms with Crippen LogP contribution in [0.25, 0.3) is 0 Å². The zero-order valence-corrected chi connectivity index (χ0v) is 7.11. The summed E-state index contributed by atoms with van der Waals surface area (Å²) in [6.07, 6.45) is 1.44. The molecule has 0 saturated heterocycles. The van der Waals surface area contributed by atoms with Crippen LogP contribution in [0.2, 0.25) is 0 Å². The molecule has 0 bridgehead atoms. The lowest BCUT2D eigenvalue weighted by molar-refractivity contribution is 1.50. The van der Waals surface area contributed by atoms with Gasteiger partial charge in [0.05, 0.1) is 0 Å². The van der Waals surface area contributed by atoms with Crippen LogP contribution in [0.1, 0.15) is 20.8 Å². The Hall–Kier alpha value is -0.310. The van der Waals surface area contributed by atoms with Gasteiger partial charge in [-0.25, -0.2) is 4.40 Å². The normalized spacial score (nSPS) is 8.33. The van der Waals surface area contributed by atoms with Crippen molar-refractivity contribution in [2.75, 3.05) is 5.75 Å². The molecule has 0 aliphatic rings. The Kier molecular flexibility index (Phi) is 20.0. The molecule has 0 aliphatic carbocycles. The van der Waals surface area contributed by atoms with E-state index in [1.165, 1.54) is 18.3 Å². The predicted octanol–water partition coefficient (Wildman–Crippen LogP) is 2.41. The van der Waals surface area contributed by atoms with Crippen molar-refractivity contribution in [3.63, 3.8) is 0 Å². The van der Waals surface area contributed by atoms with Crippen LogP contribution in [0.15, 0.2) is 9.39 Å². The SMILES string of the molecule is C=N/C=N\SCC.CC. The Morgan fingerprint density at radius 1 is 1.56 bits per heavy atom. The van der Waals surface area contributed by atoms with Crippen molar-refractivity contribution in [1.29, 1.82) is 0 Å². The van der Waals surface area contributed by atoms with Gasteiger partial charge in [0.25, 0.3) is 0 Å². The van der Waals surface area contributed by atoms with Crippen LogP contribution in [0.3, 0.4) is 0 Å². The van der Waals surface area contributed by atoms with Gasteiger partial charge in [0.1, 0.15) is 6.34 Å². The summed E-state index contributed by atoms with van der Waals surface area (Å²) >= 11 is 1.47. The van der Waals surface area contributed by atoms with E-state index in [1.54, 1.807) is 0 Å². The molecule has 0 fully saturated rings. The fourth-order valence-corrected chi connectivity index (χ4v) is 0.424. The number of hydrogen-bond acceptors (Lipinski definition) is 2. The highest BCUT2D eigenvalue weighted by Gasteiger charge is 1.67. The third-order valence-corrected chi connectivity index (χ3v) is 0.834. The van der Waals surface area contributed by atoms with E-state index in [-0.39, 0.29) is 0 Å². The standard InChI is InChI=1S/C4H8N2S.C2H6/c1-3-7-6-4-5-2;1-2/h4H,2-3H2,1H3;1-2H3/b6-4-;. The molecule has 3 heteroatoms. The van der Waals surface area contributed by atoms with E-state index in [9.17, 15) is 0 Å². The molecule has 0 heterocycles. The minimum absolute atomic E-state index is 0.992. The minimum Gasteiger partial charge on any atom is -0.252 e. The Morgan fingerprint density at radius 2 is 2.11 bits per heavy atom. The molecule has 0 saturated carbocycles. The fourth-order valence-electron chi connectivity index (χ4n) is 0.141. The van der Waals surface area contributed by atoms with Gasteiger partial charge in [-0.1, -0.05) is 20.8 Å². The molecule has 0 radical (unpaired) electrons. The first-order valence-corrected chi connectivity index (χ1v) is 3.95. The van der Waals surface area contributed by atoms with Crippen molar-refractivity contribution in [1.82, 2.24) is 0 Å². The molecule has 0 N–H and O–H groups in total. The number of aliphatic imine (C=N–C) groups is 1. The lowest BCUT2D eigenvalue weighted by Crippen LogP contribution is -1.60. The van der Waals surface area contributed by atoms with E-state index >= 15 is 0 Å². The molecule has 2 nitrogen and oxygen atoms in total. The van der Waals surface area contributed by atoms with Gasteiger partial charge < -0.3 is 0 Å². The molecule has 0 amide bonds. The third-order valence-electron chi connectivity index (χ3n) is 0.332. The van der Waals surface area contributed by atoms with Crippen LogP contribution in [0.5, 0.6) is 0 Å². The lowest BCUT2D eigenvalue weighted by Gasteiger charge is -1.77. The highest BCUT2D eigenvalue weighted by molar-refractivity contribution is 7.98. The molecule has 0 aromatic rings. The monoisotopic (exact) mass is 146 g/mol. The molecule has 0 aromatic heterocycles. The molecule has 9 heavy (non-hydrogen) atoms. The van der Waals surface area contributed by atoms with Crippen LogP contribution >= 0.6 is 11.9 Å². The zero-order valence-electron chi connectivity index (χ0n) is 6.29. The largest absolute Gasteiger partial charge is 0.252 e. The quantitative estimate of drug-likeness (QED) is 0.341. The first-order valence-electron chi connectivity index (χ1n) is 3.01. The van der Waals surface area contributed by atoms with Crippen LogP contribution in [-0.4, -0.2) is 18.8 Å². The van der Waals surface area contributed by atoms with Gasteiger partial charge in [-0.2, -0.15) is 0 Å². The van der Waals surface area contributed by atoms with Crippen LogP contribution < -0.4 is 0 Å². The maximum Gasteiger partial charge on any atom is 0.122 e. The maximum atomic E-state index is 3.77. The van der Waals surface area contributed by atoms with E-state index in [4.69, 9.17) is 0 Å². The summed E-state index contributed by atoms with van der Waals surface area (Å²) in [5.41, 5.74) is 0. The van der Waals surface area contributed by atoms with Gasteiger partial charge in [-0.3, -0.25) is 4.99 Å². The van der Waals surface area contributed by atoms with E-state index in [2.05, 4.69) is 16.1 Å². The van der Waals surface area contributed by atoms with Gasteiger partial charge in [0.15, 0.2) is 0 Å². The van der Waals surface area contributed by atoms with Gasteiger partial charge >= 0.3 is 0 Å². The van der Waals surface area contributed by atoms with Crippen molar-refractivity contribution in [3.05, 3.63) is 0 Å². The Balaban J connectivity index is 0. The third kappa shape index (κ3) is 18.3. The second-order valence-electron chi connectivity index (χ2n) is 0.821. The average molecular weight is 146 g/mol. The molecule has 0 spiro atoms. The van der Waals surface area contributed by atoms with Gasteiger partial charge in [-0.05, 0) is 18.7 Å². The topological polar surface area (TPSA) is 24.7 Å². The summed E-state index contributed by atoms with van der Waals surface area (Å²) in [6.45, 7) is 9.25. The molecule has 0 atom stereocenters. The average Bonchev–Trinajstić information content (AvgIpc) is 1.94. The van der Waals surface area contributed by atoms with Crippen molar-refractivity contribution in [3.8, 4) is 0 Å². The smallest absolute Gasteiger partial charge is 0.122 e. The second kappa shape index (κ2) is 15.6. The lowest BCUT2D eigenvalue weighted by atomic mass is 11.0. The van der Waals surface area contributed by atoms with E-state index in [0.717, 1.165) is 5.75 Å². The van der Waals surface area contributed by atoms with Crippen molar-refractivity contribution >= 4 is 25.0 Å². The maximum absolute atomic E-state index is 3.77. The fraction of sp³-hybridized carbons (Fsp3) is 0.667. The Bertz CT molecular complexity index is 71.5. The highest BCUT2D eigenvalue weighted by Crippen LogP contribution is 1.96. The van der Waals surface area contributed by atoms with Crippen LogP contribution in [0, 0.1) is 0 Å². The second-order valence-corrected chi connectivity index (χ2v) is 1.87. The van der Waals surface area contributed by atoms with Crippen molar-refractivity contribution in [2.24, 2.45) is 9.39 Å². The summed E-state index contributed by atoms with van der Waals surface area (Å²) in [7, 11) is 0. The van der Waals surface area contributed by atoms with Crippen molar-refractivity contribution in [2.45, 2.75) is 20.8 Å². The first kappa shape index (κ1) is 11.5. The van der Waals surface area contributed by atoms with Crippen LogP contribution in [0.4, 0.5) is 0 Å². The summed E-state index contributed by atoms with van der Waals surface area (Å²) in [4.78, 5) is 3.41. The molecular weight excluding hydrogens is 132 g/mol. The molecule has 54 valence electrons. The Labute approximate surface area is 61.6 Å². The Morgan fingerprint density at radius 3 is 2.44 bits per heavy atom. The number of hydrogen-bond donors (Lipinski definition) is 0. The molecule has 0 unspecified atom stereocenters. The number of nitrogens with zero attached hydrogens (tertiary/aromatic N) is 2. The van der Waals surface area contributed by atoms with Crippen molar-refractivity contribution < 1.29 is 0 Å². The highest BCUT2D eigenvalue weighted by atomic mass is 32.2. The van der Waals surface area contributed by atoms with Gasteiger partial charge in [0.2, 0.25) is 0 Å². The minimum atomic E-state index is 0.992. The van der Waals surface area contributed by atoms with E-state index < -0.39 is 0 Å². The van der Waals surface area contributed by atoms with Crippen LogP contribution in [-0.2, 0) is 0 Å². The molecule has 0 aromatic carbocycles. The molecule has 0 aliphatic heterocycles. The van der Waals surface area contributed by atoms with Gasteiger partial charge in [-0.15, -0.1) is 0 Å². The summed E-state index contributed by atoms with van der Waals surface area (Å²) < 4.78 is 3.77. The number of rotatable bonds is 3. The predicted molar refractivity (Wildman–Crippen MR) is 47.5 cm³/mol. The summed E-state index contributed by atoms with van der Waals surface area (Å²) in [5.74, 6) is 0.992. The summed E-state index contributed by atoms with van der Waals surface area (Å²) in [5, 5.41) is 0. The van der Waals surface area contributed by atoms with E-state index in [1.807, 2.05) is 20.8 Å².